The maximum absolute atomic E-state index is 6.06. The molecule has 0 fully saturated rings. The first kappa shape index (κ1) is 14.3. The molecule has 0 saturated heterocycles. The Morgan fingerprint density at radius 3 is 2.67 bits per heavy atom. The number of rotatable bonds is 3. The summed E-state index contributed by atoms with van der Waals surface area (Å²) in [6.45, 7) is 0. The van der Waals surface area contributed by atoms with Crippen molar-refractivity contribution in [3.05, 3.63) is 66.7 Å². The van der Waals surface area contributed by atoms with Crippen LogP contribution >= 0.6 is 50.1 Å². The second kappa shape index (κ2) is 6.37. The third-order valence-electron chi connectivity index (χ3n) is 2.74. The van der Waals surface area contributed by atoms with Gasteiger partial charge in [-0.25, -0.2) is 0 Å². The fourth-order valence-electron chi connectivity index (χ4n) is 1.92. The molecule has 0 amide bonds. The fourth-order valence-corrected chi connectivity index (χ4v) is 3.11. The van der Waals surface area contributed by atoms with Crippen LogP contribution in [0.1, 0.15) is 17.2 Å². The van der Waals surface area contributed by atoms with Crippen LogP contribution in [0.15, 0.2) is 46.9 Å². The Kier molecular flexibility index (Phi) is 5.06. The number of halogens is 3. The highest BCUT2D eigenvalue weighted by Crippen LogP contribution is 2.30. The standard InChI is InChI=1S/C14H12BrClIN/c1-18-14(9-3-2-4-10(16)7-9)12-8-11(17)5-6-13(12)15/h2-8,14,18H,1H3. The Balaban J connectivity index is 2.48. The summed E-state index contributed by atoms with van der Waals surface area (Å²) >= 11 is 12.0. The van der Waals surface area contributed by atoms with Gasteiger partial charge in [0, 0.05) is 13.1 Å². The SMILES string of the molecule is CNC(c1cccc(Cl)c1)c1cc(I)ccc1Br. The van der Waals surface area contributed by atoms with E-state index >= 15 is 0 Å². The van der Waals surface area contributed by atoms with Crippen LogP contribution < -0.4 is 5.32 Å². The van der Waals surface area contributed by atoms with Crippen molar-refractivity contribution in [3.8, 4) is 0 Å². The van der Waals surface area contributed by atoms with E-state index in [4.69, 9.17) is 11.6 Å². The third-order valence-corrected chi connectivity index (χ3v) is 4.37. The highest BCUT2D eigenvalue weighted by molar-refractivity contribution is 14.1. The van der Waals surface area contributed by atoms with Gasteiger partial charge in [0.15, 0.2) is 0 Å². The first-order valence-corrected chi connectivity index (χ1v) is 7.74. The largest absolute Gasteiger partial charge is 0.309 e. The molecule has 94 valence electrons. The summed E-state index contributed by atoms with van der Waals surface area (Å²) in [6.07, 6.45) is 0. The van der Waals surface area contributed by atoms with E-state index in [2.05, 4.69) is 68.1 Å². The van der Waals surface area contributed by atoms with Crippen molar-refractivity contribution in [2.45, 2.75) is 6.04 Å². The average molecular weight is 437 g/mol. The number of nitrogens with one attached hydrogen (secondary N) is 1. The molecular formula is C14H12BrClIN. The second-order valence-electron chi connectivity index (χ2n) is 3.94. The number of benzene rings is 2. The molecule has 0 saturated carbocycles. The molecule has 1 nitrogen and oxygen atoms in total. The molecule has 1 atom stereocenters. The van der Waals surface area contributed by atoms with Crippen LogP contribution in [0.3, 0.4) is 0 Å². The Hall–Kier alpha value is -0.100. The lowest BCUT2D eigenvalue weighted by Gasteiger charge is -2.19. The summed E-state index contributed by atoms with van der Waals surface area (Å²) < 4.78 is 2.32. The van der Waals surface area contributed by atoms with E-state index in [1.54, 1.807) is 0 Å². The molecule has 0 radical (unpaired) electrons. The van der Waals surface area contributed by atoms with Gasteiger partial charge in [0.2, 0.25) is 0 Å². The molecule has 2 aromatic rings. The molecule has 0 heterocycles. The van der Waals surface area contributed by atoms with E-state index in [9.17, 15) is 0 Å². The van der Waals surface area contributed by atoms with Gasteiger partial charge in [0.25, 0.3) is 0 Å². The van der Waals surface area contributed by atoms with E-state index in [0.29, 0.717) is 0 Å². The van der Waals surface area contributed by atoms with Crippen molar-refractivity contribution < 1.29 is 0 Å². The van der Waals surface area contributed by atoms with Crippen molar-refractivity contribution >= 4 is 50.1 Å². The molecule has 0 aliphatic carbocycles. The topological polar surface area (TPSA) is 12.0 Å². The molecule has 0 aromatic heterocycles. The van der Waals surface area contributed by atoms with Gasteiger partial charge < -0.3 is 5.32 Å². The lowest BCUT2D eigenvalue weighted by molar-refractivity contribution is 0.688. The zero-order chi connectivity index (χ0) is 13.1. The summed E-state index contributed by atoms with van der Waals surface area (Å²) in [7, 11) is 1.96. The fraction of sp³-hybridized carbons (Fsp3) is 0.143. The molecule has 2 aromatic carbocycles. The summed E-state index contributed by atoms with van der Waals surface area (Å²) in [5.74, 6) is 0. The van der Waals surface area contributed by atoms with E-state index in [0.717, 1.165) is 15.1 Å². The van der Waals surface area contributed by atoms with Gasteiger partial charge in [-0.3, -0.25) is 0 Å². The van der Waals surface area contributed by atoms with E-state index < -0.39 is 0 Å². The van der Waals surface area contributed by atoms with Gasteiger partial charge in [-0.1, -0.05) is 39.7 Å². The van der Waals surface area contributed by atoms with E-state index in [1.807, 2.05) is 25.2 Å². The molecule has 4 heteroatoms. The minimum atomic E-state index is 0.132. The minimum Gasteiger partial charge on any atom is -0.309 e. The molecule has 0 aliphatic heterocycles. The third kappa shape index (κ3) is 3.26. The number of hydrogen-bond acceptors (Lipinski definition) is 1. The summed E-state index contributed by atoms with van der Waals surface area (Å²) in [6, 6.07) is 14.4. The maximum atomic E-state index is 6.06. The molecular weight excluding hydrogens is 424 g/mol. The van der Waals surface area contributed by atoms with Gasteiger partial charge in [-0.2, -0.15) is 0 Å². The molecule has 1 N–H and O–H groups in total. The van der Waals surface area contributed by atoms with Crippen LogP contribution in [-0.2, 0) is 0 Å². The van der Waals surface area contributed by atoms with Crippen molar-refractivity contribution in [2.75, 3.05) is 7.05 Å². The predicted octanol–water partition coefficient (Wildman–Crippen LogP) is 5.02. The minimum absolute atomic E-state index is 0.132. The zero-order valence-electron chi connectivity index (χ0n) is 9.75. The van der Waals surface area contributed by atoms with Crippen LogP contribution in [0.5, 0.6) is 0 Å². The van der Waals surface area contributed by atoms with E-state index in [-0.39, 0.29) is 6.04 Å². The Bertz CT molecular complexity index is 559. The number of hydrogen-bond donors (Lipinski definition) is 1. The quantitative estimate of drug-likeness (QED) is 0.667. The molecule has 0 bridgehead atoms. The van der Waals surface area contributed by atoms with Gasteiger partial charge in [-0.05, 0) is 71.1 Å². The highest BCUT2D eigenvalue weighted by atomic mass is 127. The second-order valence-corrected chi connectivity index (χ2v) is 6.48. The van der Waals surface area contributed by atoms with Gasteiger partial charge >= 0.3 is 0 Å². The lowest BCUT2D eigenvalue weighted by Crippen LogP contribution is -2.18. The zero-order valence-corrected chi connectivity index (χ0v) is 14.3. The van der Waals surface area contributed by atoms with Gasteiger partial charge in [0.05, 0.1) is 6.04 Å². The first-order valence-electron chi connectivity index (χ1n) is 5.49. The maximum Gasteiger partial charge on any atom is 0.0586 e. The predicted molar refractivity (Wildman–Crippen MR) is 89.2 cm³/mol. The van der Waals surface area contributed by atoms with Crippen LogP contribution in [0.4, 0.5) is 0 Å². The van der Waals surface area contributed by atoms with Crippen molar-refractivity contribution in [3.63, 3.8) is 0 Å². The van der Waals surface area contributed by atoms with Crippen LogP contribution in [0.2, 0.25) is 5.02 Å². The van der Waals surface area contributed by atoms with Crippen LogP contribution in [0, 0.1) is 3.57 Å². The highest BCUT2D eigenvalue weighted by Gasteiger charge is 2.15. The molecule has 2 rings (SSSR count). The summed E-state index contributed by atoms with van der Waals surface area (Å²) in [5, 5.41) is 4.10. The molecule has 1 unspecified atom stereocenters. The van der Waals surface area contributed by atoms with Crippen molar-refractivity contribution in [1.82, 2.24) is 5.32 Å². The summed E-state index contributed by atoms with van der Waals surface area (Å²) in [4.78, 5) is 0. The molecule has 0 spiro atoms. The normalized spacial score (nSPS) is 12.4. The van der Waals surface area contributed by atoms with Crippen molar-refractivity contribution in [2.24, 2.45) is 0 Å². The smallest absolute Gasteiger partial charge is 0.0586 e. The monoisotopic (exact) mass is 435 g/mol. The average Bonchev–Trinajstić information content (AvgIpc) is 2.35. The van der Waals surface area contributed by atoms with Gasteiger partial charge in [-0.15, -0.1) is 0 Å². The Morgan fingerprint density at radius 1 is 1.22 bits per heavy atom. The Labute approximate surface area is 134 Å². The van der Waals surface area contributed by atoms with Crippen molar-refractivity contribution in [1.29, 1.82) is 0 Å². The first-order chi connectivity index (χ1) is 8.61. The van der Waals surface area contributed by atoms with Crippen LogP contribution in [-0.4, -0.2) is 7.05 Å². The molecule has 18 heavy (non-hydrogen) atoms. The van der Waals surface area contributed by atoms with Gasteiger partial charge in [0.1, 0.15) is 0 Å². The van der Waals surface area contributed by atoms with Crippen LogP contribution in [0.25, 0.3) is 0 Å². The van der Waals surface area contributed by atoms with E-state index in [1.165, 1.54) is 9.13 Å². The lowest BCUT2D eigenvalue weighted by atomic mass is 9.99. The molecule has 0 aliphatic rings. The Morgan fingerprint density at radius 2 is 2.00 bits per heavy atom. The summed E-state index contributed by atoms with van der Waals surface area (Å²) in [5.41, 5.74) is 2.37.